The number of allylic oxidation sites excluding steroid dienone is 1. The molecule has 1 nitrogen and oxygen atoms in total. The topological polar surface area (TPSA) is 12.9 Å². The summed E-state index contributed by atoms with van der Waals surface area (Å²) in [5.41, 5.74) is 0.888. The van der Waals surface area contributed by atoms with Crippen LogP contribution < -0.4 is 0 Å². The average molecular weight is 188 g/mol. The Morgan fingerprint density at radius 3 is 2.64 bits per heavy atom. The maximum absolute atomic E-state index is 5.76. The standard InChI is InChI=1S/C8H7Cl2N/c1-2-3-6-4-5-7(9)11-8(6)10/h2-5H,1H3/b3-2+. The van der Waals surface area contributed by atoms with E-state index in [1.54, 1.807) is 6.07 Å². The summed E-state index contributed by atoms with van der Waals surface area (Å²) < 4.78 is 0. The van der Waals surface area contributed by atoms with Crippen LogP contribution in [0.25, 0.3) is 6.08 Å². The Bertz CT molecular complexity index is 281. The largest absolute Gasteiger partial charge is 0.224 e. The van der Waals surface area contributed by atoms with Gasteiger partial charge in [0.2, 0.25) is 0 Å². The molecule has 11 heavy (non-hydrogen) atoms. The van der Waals surface area contributed by atoms with E-state index >= 15 is 0 Å². The van der Waals surface area contributed by atoms with Crippen LogP contribution in [0.2, 0.25) is 10.3 Å². The Kier molecular flexibility index (Phi) is 2.92. The second-order valence-electron chi connectivity index (χ2n) is 2.01. The quantitative estimate of drug-likeness (QED) is 0.615. The van der Waals surface area contributed by atoms with Gasteiger partial charge in [0.25, 0.3) is 0 Å². The van der Waals surface area contributed by atoms with Crippen molar-refractivity contribution < 1.29 is 0 Å². The van der Waals surface area contributed by atoms with Crippen molar-refractivity contribution in [2.45, 2.75) is 6.92 Å². The molecule has 1 heterocycles. The van der Waals surface area contributed by atoms with Crippen molar-refractivity contribution in [1.29, 1.82) is 0 Å². The molecular formula is C8H7Cl2N. The zero-order valence-electron chi connectivity index (χ0n) is 6.01. The van der Waals surface area contributed by atoms with Crippen molar-refractivity contribution in [2.75, 3.05) is 0 Å². The van der Waals surface area contributed by atoms with E-state index in [2.05, 4.69) is 4.98 Å². The smallest absolute Gasteiger partial charge is 0.138 e. The number of hydrogen-bond acceptors (Lipinski definition) is 1. The molecule has 0 N–H and O–H groups in total. The molecule has 0 saturated heterocycles. The number of hydrogen-bond donors (Lipinski definition) is 0. The van der Waals surface area contributed by atoms with E-state index < -0.39 is 0 Å². The molecule has 1 aromatic rings. The molecule has 0 aliphatic rings. The predicted octanol–water partition coefficient (Wildman–Crippen LogP) is 3.42. The van der Waals surface area contributed by atoms with Crippen LogP contribution >= 0.6 is 23.2 Å². The van der Waals surface area contributed by atoms with E-state index in [4.69, 9.17) is 23.2 Å². The molecule has 0 amide bonds. The Balaban J connectivity index is 3.09. The normalized spacial score (nSPS) is 10.8. The number of rotatable bonds is 1. The zero-order chi connectivity index (χ0) is 8.27. The van der Waals surface area contributed by atoms with E-state index in [1.807, 2.05) is 25.1 Å². The molecule has 0 saturated carbocycles. The second-order valence-corrected chi connectivity index (χ2v) is 2.76. The predicted molar refractivity (Wildman–Crippen MR) is 49.0 cm³/mol. The van der Waals surface area contributed by atoms with E-state index in [-0.39, 0.29) is 0 Å². The number of aromatic nitrogens is 1. The van der Waals surface area contributed by atoms with Crippen LogP contribution in [0.1, 0.15) is 12.5 Å². The Hall–Kier alpha value is -0.530. The fourth-order valence-corrected chi connectivity index (χ4v) is 1.13. The van der Waals surface area contributed by atoms with Crippen molar-refractivity contribution >= 4 is 29.3 Å². The molecule has 0 bridgehead atoms. The van der Waals surface area contributed by atoms with Gasteiger partial charge in [-0.05, 0) is 19.1 Å². The van der Waals surface area contributed by atoms with Crippen LogP contribution in [-0.4, -0.2) is 4.98 Å². The van der Waals surface area contributed by atoms with Crippen LogP contribution in [0.15, 0.2) is 18.2 Å². The first-order valence-corrected chi connectivity index (χ1v) is 3.94. The molecule has 0 aliphatic heterocycles. The van der Waals surface area contributed by atoms with Crippen molar-refractivity contribution in [3.63, 3.8) is 0 Å². The lowest BCUT2D eigenvalue weighted by Gasteiger charge is -1.95. The van der Waals surface area contributed by atoms with Gasteiger partial charge in [0.15, 0.2) is 0 Å². The number of pyridine rings is 1. The zero-order valence-corrected chi connectivity index (χ0v) is 7.52. The highest BCUT2D eigenvalue weighted by molar-refractivity contribution is 6.33. The first-order valence-electron chi connectivity index (χ1n) is 3.19. The SMILES string of the molecule is C/C=C/c1ccc(Cl)nc1Cl. The maximum Gasteiger partial charge on any atom is 0.138 e. The second kappa shape index (κ2) is 3.74. The summed E-state index contributed by atoms with van der Waals surface area (Å²) in [6.07, 6.45) is 3.78. The highest BCUT2D eigenvalue weighted by Crippen LogP contribution is 2.17. The van der Waals surface area contributed by atoms with Crippen molar-refractivity contribution in [3.8, 4) is 0 Å². The van der Waals surface area contributed by atoms with Crippen LogP contribution in [0.3, 0.4) is 0 Å². The lowest BCUT2D eigenvalue weighted by Crippen LogP contribution is -1.80. The lowest BCUT2D eigenvalue weighted by atomic mass is 10.3. The third-order valence-electron chi connectivity index (χ3n) is 1.19. The average Bonchev–Trinajstić information content (AvgIpc) is 1.95. The van der Waals surface area contributed by atoms with Crippen molar-refractivity contribution in [2.24, 2.45) is 0 Å². The minimum absolute atomic E-state index is 0.420. The summed E-state index contributed by atoms with van der Waals surface area (Å²) in [6, 6.07) is 3.54. The summed E-state index contributed by atoms with van der Waals surface area (Å²) in [6.45, 7) is 1.92. The van der Waals surface area contributed by atoms with E-state index in [0.717, 1.165) is 5.56 Å². The molecule has 1 rings (SSSR count). The van der Waals surface area contributed by atoms with E-state index in [0.29, 0.717) is 10.3 Å². The monoisotopic (exact) mass is 187 g/mol. The minimum Gasteiger partial charge on any atom is -0.224 e. The van der Waals surface area contributed by atoms with Crippen molar-refractivity contribution in [1.82, 2.24) is 4.98 Å². The summed E-state index contributed by atoms with van der Waals surface area (Å²) in [5, 5.41) is 0.860. The summed E-state index contributed by atoms with van der Waals surface area (Å²) >= 11 is 11.4. The van der Waals surface area contributed by atoms with Gasteiger partial charge >= 0.3 is 0 Å². The lowest BCUT2D eigenvalue weighted by molar-refractivity contribution is 1.31. The van der Waals surface area contributed by atoms with Crippen LogP contribution in [0, 0.1) is 0 Å². The molecule has 0 fully saturated rings. The Morgan fingerprint density at radius 2 is 2.09 bits per heavy atom. The maximum atomic E-state index is 5.76. The molecule has 0 radical (unpaired) electrons. The van der Waals surface area contributed by atoms with Crippen LogP contribution in [-0.2, 0) is 0 Å². The van der Waals surface area contributed by atoms with Gasteiger partial charge < -0.3 is 0 Å². The third-order valence-corrected chi connectivity index (χ3v) is 1.70. The molecule has 1 aromatic heterocycles. The van der Waals surface area contributed by atoms with Crippen LogP contribution in [0.4, 0.5) is 0 Å². The molecular weight excluding hydrogens is 181 g/mol. The highest BCUT2D eigenvalue weighted by Gasteiger charge is 1.97. The molecule has 0 aromatic carbocycles. The Labute approximate surface area is 75.7 Å². The van der Waals surface area contributed by atoms with Gasteiger partial charge in [-0.1, -0.05) is 35.4 Å². The van der Waals surface area contributed by atoms with Gasteiger partial charge in [0.05, 0.1) is 0 Å². The Morgan fingerprint density at radius 1 is 1.36 bits per heavy atom. The molecule has 0 spiro atoms. The summed E-state index contributed by atoms with van der Waals surface area (Å²) in [4.78, 5) is 3.87. The van der Waals surface area contributed by atoms with Crippen molar-refractivity contribution in [3.05, 3.63) is 34.1 Å². The minimum atomic E-state index is 0.420. The highest BCUT2D eigenvalue weighted by atomic mass is 35.5. The molecule has 0 atom stereocenters. The fourth-order valence-electron chi connectivity index (χ4n) is 0.727. The molecule has 0 unspecified atom stereocenters. The molecule has 3 heteroatoms. The number of nitrogens with zero attached hydrogens (tertiary/aromatic N) is 1. The molecule has 0 aliphatic carbocycles. The van der Waals surface area contributed by atoms with Crippen LogP contribution in [0.5, 0.6) is 0 Å². The fraction of sp³-hybridized carbons (Fsp3) is 0.125. The van der Waals surface area contributed by atoms with Gasteiger partial charge in [-0.25, -0.2) is 4.98 Å². The third kappa shape index (κ3) is 2.21. The summed E-state index contributed by atoms with van der Waals surface area (Å²) in [5.74, 6) is 0. The van der Waals surface area contributed by atoms with Gasteiger partial charge in [-0.3, -0.25) is 0 Å². The first kappa shape index (κ1) is 8.57. The van der Waals surface area contributed by atoms with Gasteiger partial charge in [-0.15, -0.1) is 0 Å². The van der Waals surface area contributed by atoms with Gasteiger partial charge in [0, 0.05) is 5.56 Å². The molecule has 58 valence electrons. The summed E-state index contributed by atoms with van der Waals surface area (Å²) in [7, 11) is 0. The van der Waals surface area contributed by atoms with E-state index in [1.165, 1.54) is 0 Å². The van der Waals surface area contributed by atoms with Gasteiger partial charge in [0.1, 0.15) is 10.3 Å². The van der Waals surface area contributed by atoms with E-state index in [9.17, 15) is 0 Å². The van der Waals surface area contributed by atoms with Gasteiger partial charge in [-0.2, -0.15) is 0 Å². The first-order chi connectivity index (χ1) is 5.24. The number of halogens is 2.